The Balaban J connectivity index is 1.81. The van der Waals surface area contributed by atoms with Crippen LogP contribution in [0.1, 0.15) is 24.0 Å². The average Bonchev–Trinajstić information content (AvgIpc) is 3.24. The summed E-state index contributed by atoms with van der Waals surface area (Å²) in [5.41, 5.74) is 5.32. The maximum atomic E-state index is 11.0. The predicted octanol–water partition coefficient (Wildman–Crippen LogP) is 2.46. The van der Waals surface area contributed by atoms with Crippen LogP contribution in [0.3, 0.4) is 0 Å². The number of nitrogens with zero attached hydrogens (tertiary/aromatic N) is 3. The maximum Gasteiger partial charge on any atom is 0.272 e. The Morgan fingerprint density at radius 2 is 2.30 bits per heavy atom. The molecule has 1 saturated carbocycles. The Morgan fingerprint density at radius 1 is 1.50 bits per heavy atom. The Bertz CT molecular complexity index is 623. The minimum absolute atomic E-state index is 0.132. The number of nitrogens with one attached hydrogen (secondary N) is 1. The van der Waals surface area contributed by atoms with E-state index in [1.165, 1.54) is 0 Å². The molecule has 1 aliphatic heterocycles. The molecule has 104 valence electrons. The molecule has 2 aliphatic rings. The number of hydrogen-bond donors (Lipinski definition) is 1. The molecule has 6 nitrogen and oxygen atoms in total. The third-order valence-electron chi connectivity index (χ3n) is 3.22. The van der Waals surface area contributed by atoms with Crippen molar-refractivity contribution < 1.29 is 4.92 Å². The molecule has 1 heterocycles. The summed E-state index contributed by atoms with van der Waals surface area (Å²) in [4.78, 5) is 15.1. The standard InChI is InChI=1S/C13H14N4O2S/c1-8-2-3-9(6-12(8)17(18)19)11-7-20-13(16-15-11)14-10-4-5-10/h2-3,6,10H,4-5,7H2,1H3,(H,14,16). The number of aryl methyl sites for hydroxylation is 1. The molecule has 1 N–H and O–H groups in total. The summed E-state index contributed by atoms with van der Waals surface area (Å²) in [5, 5.41) is 16.1. The summed E-state index contributed by atoms with van der Waals surface area (Å²) in [7, 11) is 0. The lowest BCUT2D eigenvalue weighted by molar-refractivity contribution is -0.385. The Hall–Kier alpha value is -1.89. The van der Waals surface area contributed by atoms with Gasteiger partial charge in [0.1, 0.15) is 0 Å². The lowest BCUT2D eigenvalue weighted by Gasteiger charge is -2.15. The first-order valence-corrected chi connectivity index (χ1v) is 7.40. The van der Waals surface area contributed by atoms with E-state index in [1.807, 2.05) is 6.07 Å². The van der Waals surface area contributed by atoms with Gasteiger partial charge in [-0.2, -0.15) is 5.10 Å². The number of thioether (sulfide) groups is 1. The van der Waals surface area contributed by atoms with E-state index in [0.29, 0.717) is 17.4 Å². The van der Waals surface area contributed by atoms with Gasteiger partial charge in [-0.3, -0.25) is 20.5 Å². The number of nitro groups is 1. The van der Waals surface area contributed by atoms with Gasteiger partial charge in [-0.25, -0.2) is 0 Å². The molecule has 0 aromatic heterocycles. The first-order valence-electron chi connectivity index (χ1n) is 6.42. The number of hydrazone groups is 1. The van der Waals surface area contributed by atoms with E-state index in [1.54, 1.807) is 30.8 Å². The molecule has 0 atom stereocenters. The highest BCUT2D eigenvalue weighted by Gasteiger charge is 2.23. The van der Waals surface area contributed by atoms with E-state index in [4.69, 9.17) is 0 Å². The largest absolute Gasteiger partial charge is 0.272 e. The van der Waals surface area contributed by atoms with Gasteiger partial charge in [-0.15, -0.1) is 0 Å². The van der Waals surface area contributed by atoms with Crippen LogP contribution < -0.4 is 5.43 Å². The van der Waals surface area contributed by atoms with Crippen molar-refractivity contribution in [3.63, 3.8) is 0 Å². The minimum atomic E-state index is -0.358. The summed E-state index contributed by atoms with van der Waals surface area (Å²) in [6, 6.07) is 5.67. The average molecular weight is 290 g/mol. The summed E-state index contributed by atoms with van der Waals surface area (Å²) in [6.45, 7) is 1.73. The maximum absolute atomic E-state index is 11.0. The van der Waals surface area contributed by atoms with Gasteiger partial charge in [0.25, 0.3) is 5.69 Å². The van der Waals surface area contributed by atoms with Gasteiger partial charge in [0.05, 0.1) is 16.7 Å². The van der Waals surface area contributed by atoms with Crippen LogP contribution in [-0.4, -0.2) is 27.6 Å². The topological polar surface area (TPSA) is 79.9 Å². The number of nitro benzene ring substituents is 1. The van der Waals surface area contributed by atoms with E-state index in [9.17, 15) is 10.1 Å². The lowest BCUT2D eigenvalue weighted by atomic mass is 10.1. The molecule has 0 amide bonds. The van der Waals surface area contributed by atoms with Crippen molar-refractivity contribution in [2.75, 3.05) is 5.75 Å². The van der Waals surface area contributed by atoms with Gasteiger partial charge < -0.3 is 0 Å². The number of benzene rings is 1. The quantitative estimate of drug-likeness (QED) is 0.685. The van der Waals surface area contributed by atoms with Crippen molar-refractivity contribution in [2.45, 2.75) is 25.8 Å². The fourth-order valence-corrected chi connectivity index (χ4v) is 2.72. The first-order chi connectivity index (χ1) is 9.63. The summed E-state index contributed by atoms with van der Waals surface area (Å²) < 4.78 is 0. The second-order valence-electron chi connectivity index (χ2n) is 4.88. The van der Waals surface area contributed by atoms with E-state index in [2.05, 4.69) is 15.5 Å². The zero-order valence-corrected chi connectivity index (χ0v) is 11.8. The number of amidine groups is 1. The molecule has 0 saturated heterocycles. The third kappa shape index (κ3) is 2.82. The van der Waals surface area contributed by atoms with Crippen LogP contribution >= 0.6 is 11.8 Å². The molecule has 3 rings (SSSR count). The number of aliphatic imine (C=N–C) groups is 1. The van der Waals surface area contributed by atoms with Gasteiger partial charge in [-0.1, -0.05) is 23.9 Å². The van der Waals surface area contributed by atoms with Crippen LogP contribution in [0.25, 0.3) is 0 Å². The predicted molar refractivity (Wildman–Crippen MR) is 80.4 cm³/mol. The van der Waals surface area contributed by atoms with E-state index < -0.39 is 0 Å². The summed E-state index contributed by atoms with van der Waals surface area (Å²) >= 11 is 1.59. The normalized spacial score (nSPS) is 20.4. The summed E-state index contributed by atoms with van der Waals surface area (Å²) in [6.07, 6.45) is 2.32. The number of hydrogen-bond acceptors (Lipinski definition) is 5. The molecule has 7 heteroatoms. The molecule has 0 radical (unpaired) electrons. The monoisotopic (exact) mass is 290 g/mol. The molecule has 1 aromatic rings. The van der Waals surface area contributed by atoms with E-state index in [0.717, 1.165) is 29.3 Å². The number of rotatable bonds is 3. The lowest BCUT2D eigenvalue weighted by Crippen LogP contribution is -2.25. The van der Waals surface area contributed by atoms with Crippen LogP contribution in [0.4, 0.5) is 5.69 Å². The van der Waals surface area contributed by atoms with Gasteiger partial charge in [0.15, 0.2) is 5.17 Å². The molecule has 1 aromatic carbocycles. The highest BCUT2D eigenvalue weighted by Crippen LogP contribution is 2.26. The second-order valence-corrected chi connectivity index (χ2v) is 5.85. The van der Waals surface area contributed by atoms with E-state index in [-0.39, 0.29) is 10.6 Å². The zero-order chi connectivity index (χ0) is 14.1. The minimum Gasteiger partial charge on any atom is -0.258 e. The van der Waals surface area contributed by atoms with Crippen molar-refractivity contribution in [3.05, 3.63) is 39.4 Å². The van der Waals surface area contributed by atoms with Crippen LogP contribution in [0.2, 0.25) is 0 Å². The highest BCUT2D eigenvalue weighted by molar-refractivity contribution is 8.14. The van der Waals surface area contributed by atoms with Crippen LogP contribution in [0, 0.1) is 17.0 Å². The molecule has 1 aliphatic carbocycles. The molecule has 20 heavy (non-hydrogen) atoms. The van der Waals surface area contributed by atoms with Gasteiger partial charge in [0, 0.05) is 22.9 Å². The van der Waals surface area contributed by atoms with Gasteiger partial charge >= 0.3 is 0 Å². The van der Waals surface area contributed by atoms with Crippen molar-refractivity contribution in [2.24, 2.45) is 10.1 Å². The van der Waals surface area contributed by atoms with Crippen molar-refractivity contribution in [1.29, 1.82) is 0 Å². The molecule has 0 spiro atoms. The van der Waals surface area contributed by atoms with Crippen molar-refractivity contribution >= 4 is 28.3 Å². The summed E-state index contributed by atoms with van der Waals surface area (Å²) in [5.74, 6) is 0.679. The van der Waals surface area contributed by atoms with Gasteiger partial charge in [0.2, 0.25) is 0 Å². The molecule has 0 unspecified atom stereocenters. The van der Waals surface area contributed by atoms with Crippen LogP contribution in [0.15, 0.2) is 28.3 Å². The van der Waals surface area contributed by atoms with Crippen LogP contribution in [-0.2, 0) is 0 Å². The Labute approximate surface area is 120 Å². The molecular formula is C13H14N4O2S. The van der Waals surface area contributed by atoms with Crippen molar-refractivity contribution in [3.8, 4) is 0 Å². The fourth-order valence-electron chi connectivity index (χ4n) is 1.89. The smallest absolute Gasteiger partial charge is 0.258 e. The van der Waals surface area contributed by atoms with Crippen LogP contribution in [0.5, 0.6) is 0 Å². The first kappa shape index (κ1) is 13.1. The van der Waals surface area contributed by atoms with Crippen molar-refractivity contribution in [1.82, 2.24) is 5.43 Å². The molecule has 0 bridgehead atoms. The zero-order valence-electron chi connectivity index (χ0n) is 11.0. The molecule has 1 fully saturated rings. The fraction of sp³-hybridized carbons (Fsp3) is 0.385. The second kappa shape index (κ2) is 5.24. The Morgan fingerprint density at radius 3 is 2.90 bits per heavy atom. The SMILES string of the molecule is Cc1ccc(C2=NNC(=NC3CC3)SC2)cc1[N+](=O)[O-]. The van der Waals surface area contributed by atoms with E-state index >= 15 is 0 Å². The van der Waals surface area contributed by atoms with Gasteiger partial charge in [-0.05, 0) is 19.8 Å². The molecular weight excluding hydrogens is 276 g/mol. The Kier molecular flexibility index (Phi) is 3.43. The third-order valence-corrected chi connectivity index (χ3v) is 4.11. The highest BCUT2D eigenvalue weighted by atomic mass is 32.2.